The molecule has 1 rings (SSSR count). The van der Waals surface area contributed by atoms with Crippen LogP contribution in [0.15, 0.2) is 0 Å². The van der Waals surface area contributed by atoms with Gasteiger partial charge in [0.15, 0.2) is 0 Å². The van der Waals surface area contributed by atoms with Gasteiger partial charge >= 0.3 is 0 Å². The molecule has 3 heteroatoms. The molecule has 1 saturated heterocycles. The summed E-state index contributed by atoms with van der Waals surface area (Å²) in [6.45, 7) is 11.9. The summed E-state index contributed by atoms with van der Waals surface area (Å²) in [5, 5.41) is 3.59. The van der Waals surface area contributed by atoms with Gasteiger partial charge in [-0.3, -0.25) is 0 Å². The van der Waals surface area contributed by atoms with Gasteiger partial charge in [-0.15, -0.1) is 0 Å². The van der Waals surface area contributed by atoms with Crippen molar-refractivity contribution in [2.45, 2.75) is 39.7 Å². The van der Waals surface area contributed by atoms with Crippen LogP contribution in [-0.4, -0.2) is 50.8 Å². The van der Waals surface area contributed by atoms with Gasteiger partial charge in [0.25, 0.3) is 0 Å². The van der Waals surface area contributed by atoms with Gasteiger partial charge < -0.3 is 15.0 Å². The van der Waals surface area contributed by atoms with E-state index >= 15 is 0 Å². The van der Waals surface area contributed by atoms with Crippen LogP contribution in [0.25, 0.3) is 0 Å². The molecule has 0 amide bonds. The van der Waals surface area contributed by atoms with Crippen LogP contribution >= 0.6 is 0 Å². The average molecular weight is 242 g/mol. The van der Waals surface area contributed by atoms with Crippen molar-refractivity contribution in [1.82, 2.24) is 10.2 Å². The number of ether oxygens (including phenoxy) is 1. The van der Waals surface area contributed by atoms with Gasteiger partial charge in [-0.2, -0.15) is 0 Å². The lowest BCUT2D eigenvalue weighted by Gasteiger charge is -2.34. The number of likely N-dealkylation sites (tertiary alicyclic amines) is 1. The molecule has 17 heavy (non-hydrogen) atoms. The number of hydrogen-bond acceptors (Lipinski definition) is 3. The van der Waals surface area contributed by atoms with Crippen LogP contribution in [-0.2, 0) is 4.74 Å². The predicted octanol–water partition coefficient (Wildman–Crippen LogP) is 1.98. The lowest BCUT2D eigenvalue weighted by molar-refractivity contribution is 0.105. The van der Waals surface area contributed by atoms with Gasteiger partial charge in [-0.25, -0.2) is 0 Å². The number of hydrogen-bond donors (Lipinski definition) is 1. The molecule has 102 valence electrons. The lowest BCUT2D eigenvalue weighted by atomic mass is 9.92. The Morgan fingerprint density at radius 1 is 1.35 bits per heavy atom. The first-order valence-electron chi connectivity index (χ1n) is 7.09. The maximum atomic E-state index is 5.58. The standard InChI is InChI=1S/C14H30N2O/c1-12(2)11-17-9-7-15-13(3)14-6-5-8-16(4)10-14/h12-15H,5-11H2,1-4H3. The van der Waals surface area contributed by atoms with E-state index < -0.39 is 0 Å². The first-order valence-corrected chi connectivity index (χ1v) is 7.09. The Morgan fingerprint density at radius 2 is 2.12 bits per heavy atom. The van der Waals surface area contributed by atoms with Crippen molar-refractivity contribution in [2.75, 3.05) is 39.9 Å². The largest absolute Gasteiger partial charge is 0.380 e. The molecule has 1 N–H and O–H groups in total. The van der Waals surface area contributed by atoms with Crippen LogP contribution in [0.2, 0.25) is 0 Å². The predicted molar refractivity (Wildman–Crippen MR) is 73.3 cm³/mol. The van der Waals surface area contributed by atoms with Crippen molar-refractivity contribution in [3.05, 3.63) is 0 Å². The Kier molecular flexibility index (Phi) is 7.09. The number of nitrogens with one attached hydrogen (secondary N) is 1. The van der Waals surface area contributed by atoms with Crippen LogP contribution < -0.4 is 5.32 Å². The number of piperidine rings is 1. The van der Waals surface area contributed by atoms with Gasteiger partial charge in [0.2, 0.25) is 0 Å². The van der Waals surface area contributed by atoms with Gasteiger partial charge in [0.05, 0.1) is 6.61 Å². The van der Waals surface area contributed by atoms with Crippen molar-refractivity contribution >= 4 is 0 Å². The molecule has 0 aliphatic carbocycles. The average Bonchev–Trinajstić information content (AvgIpc) is 2.28. The first kappa shape index (κ1) is 14.9. The van der Waals surface area contributed by atoms with Crippen molar-refractivity contribution in [2.24, 2.45) is 11.8 Å². The Labute approximate surface area is 107 Å². The molecule has 0 aromatic carbocycles. The fourth-order valence-corrected chi connectivity index (χ4v) is 2.46. The van der Waals surface area contributed by atoms with E-state index in [2.05, 4.69) is 38.0 Å². The zero-order valence-electron chi connectivity index (χ0n) is 12.0. The summed E-state index contributed by atoms with van der Waals surface area (Å²) >= 11 is 0. The topological polar surface area (TPSA) is 24.5 Å². The molecule has 2 atom stereocenters. The van der Waals surface area contributed by atoms with Crippen LogP contribution in [0.5, 0.6) is 0 Å². The molecule has 0 radical (unpaired) electrons. The van der Waals surface area contributed by atoms with E-state index in [1.54, 1.807) is 0 Å². The highest BCUT2D eigenvalue weighted by molar-refractivity contribution is 4.78. The Balaban J connectivity index is 2.05. The molecule has 0 saturated carbocycles. The summed E-state index contributed by atoms with van der Waals surface area (Å²) in [5.41, 5.74) is 0. The molecular weight excluding hydrogens is 212 g/mol. The second-order valence-electron chi connectivity index (χ2n) is 5.88. The Hall–Kier alpha value is -0.120. The molecule has 1 aliphatic rings. The Bertz CT molecular complexity index is 197. The fraction of sp³-hybridized carbons (Fsp3) is 1.00. The van der Waals surface area contributed by atoms with E-state index in [1.165, 1.54) is 25.9 Å². The van der Waals surface area contributed by atoms with E-state index in [-0.39, 0.29) is 0 Å². The summed E-state index contributed by atoms with van der Waals surface area (Å²) in [6, 6.07) is 0.611. The fourth-order valence-electron chi connectivity index (χ4n) is 2.46. The van der Waals surface area contributed by atoms with Crippen LogP contribution in [0.1, 0.15) is 33.6 Å². The number of nitrogens with zero attached hydrogens (tertiary/aromatic N) is 1. The molecule has 0 aromatic heterocycles. The van der Waals surface area contributed by atoms with E-state index in [0.717, 1.165) is 25.7 Å². The highest BCUT2D eigenvalue weighted by atomic mass is 16.5. The second kappa shape index (κ2) is 8.06. The highest BCUT2D eigenvalue weighted by Crippen LogP contribution is 2.18. The molecule has 1 fully saturated rings. The van der Waals surface area contributed by atoms with Gasteiger partial charge in [-0.05, 0) is 45.2 Å². The minimum Gasteiger partial charge on any atom is -0.380 e. The quantitative estimate of drug-likeness (QED) is 0.691. The number of rotatable bonds is 7. The minimum atomic E-state index is 0.611. The van der Waals surface area contributed by atoms with E-state index in [0.29, 0.717) is 12.0 Å². The summed E-state index contributed by atoms with van der Waals surface area (Å²) in [4.78, 5) is 2.45. The highest BCUT2D eigenvalue weighted by Gasteiger charge is 2.21. The van der Waals surface area contributed by atoms with Crippen molar-refractivity contribution in [3.8, 4) is 0 Å². The molecule has 3 nitrogen and oxygen atoms in total. The van der Waals surface area contributed by atoms with Crippen LogP contribution in [0.3, 0.4) is 0 Å². The third kappa shape index (κ3) is 6.39. The normalized spacial score (nSPS) is 24.2. The molecule has 0 aromatic rings. The third-order valence-electron chi connectivity index (χ3n) is 3.53. The van der Waals surface area contributed by atoms with Crippen molar-refractivity contribution < 1.29 is 4.74 Å². The maximum absolute atomic E-state index is 5.58. The summed E-state index contributed by atoms with van der Waals surface area (Å²) in [5.74, 6) is 1.44. The van der Waals surface area contributed by atoms with E-state index in [9.17, 15) is 0 Å². The van der Waals surface area contributed by atoms with Crippen LogP contribution in [0, 0.1) is 11.8 Å². The molecule has 2 unspecified atom stereocenters. The monoisotopic (exact) mass is 242 g/mol. The van der Waals surface area contributed by atoms with Gasteiger partial charge in [-0.1, -0.05) is 13.8 Å². The minimum absolute atomic E-state index is 0.611. The second-order valence-corrected chi connectivity index (χ2v) is 5.88. The summed E-state index contributed by atoms with van der Waals surface area (Å²) in [6.07, 6.45) is 2.71. The van der Waals surface area contributed by atoms with Gasteiger partial charge in [0, 0.05) is 25.7 Å². The summed E-state index contributed by atoms with van der Waals surface area (Å²) in [7, 11) is 2.23. The molecule has 1 heterocycles. The maximum Gasteiger partial charge on any atom is 0.0591 e. The third-order valence-corrected chi connectivity index (χ3v) is 3.53. The molecule has 1 aliphatic heterocycles. The Morgan fingerprint density at radius 3 is 2.76 bits per heavy atom. The first-order chi connectivity index (χ1) is 8.09. The molecule has 0 bridgehead atoms. The smallest absolute Gasteiger partial charge is 0.0591 e. The SMILES string of the molecule is CC(C)COCCNC(C)C1CCCN(C)C1. The lowest BCUT2D eigenvalue weighted by Crippen LogP contribution is -2.43. The van der Waals surface area contributed by atoms with Gasteiger partial charge in [0.1, 0.15) is 0 Å². The van der Waals surface area contributed by atoms with Crippen LogP contribution in [0.4, 0.5) is 0 Å². The summed E-state index contributed by atoms with van der Waals surface area (Å²) < 4.78 is 5.58. The molecular formula is C14H30N2O. The zero-order valence-corrected chi connectivity index (χ0v) is 12.0. The van der Waals surface area contributed by atoms with E-state index in [1.807, 2.05) is 0 Å². The van der Waals surface area contributed by atoms with Crippen molar-refractivity contribution in [3.63, 3.8) is 0 Å². The van der Waals surface area contributed by atoms with Crippen molar-refractivity contribution in [1.29, 1.82) is 0 Å². The molecule has 0 spiro atoms. The van der Waals surface area contributed by atoms with E-state index in [4.69, 9.17) is 4.74 Å². The zero-order chi connectivity index (χ0) is 12.7.